The number of halogens is 1. The third kappa shape index (κ3) is 1.43. The monoisotopic (exact) mass is 287 g/mol. The van der Waals surface area contributed by atoms with Crippen LogP contribution in [0.15, 0.2) is 29.4 Å². The maximum Gasteiger partial charge on any atom is 0.189 e. The van der Waals surface area contributed by atoms with Crippen LogP contribution in [0.2, 0.25) is 0 Å². The first-order valence-corrected chi connectivity index (χ1v) is 7.96. The number of hydrogen-bond donors (Lipinski definition) is 3. The van der Waals surface area contributed by atoms with Gasteiger partial charge in [-0.2, -0.15) is 0 Å². The van der Waals surface area contributed by atoms with E-state index in [1.54, 1.807) is 17.7 Å². The maximum atomic E-state index is 13.4. The molecule has 4 N–H and O–H groups in total. The summed E-state index contributed by atoms with van der Waals surface area (Å²) in [6, 6.07) is 7.15. The molecule has 1 aromatic carbocycles. The van der Waals surface area contributed by atoms with E-state index < -0.39 is 0 Å². The zero-order valence-corrected chi connectivity index (χ0v) is 11.8. The van der Waals surface area contributed by atoms with Gasteiger partial charge in [-0.3, -0.25) is 5.43 Å². The van der Waals surface area contributed by atoms with Crippen molar-refractivity contribution < 1.29 is 9.93 Å². The summed E-state index contributed by atoms with van der Waals surface area (Å²) in [4.78, 5) is 0. The fourth-order valence-corrected chi connectivity index (χ4v) is 5.91. The molecule has 4 nitrogen and oxygen atoms in total. The quantitative estimate of drug-likeness (QED) is 0.712. The van der Waals surface area contributed by atoms with Crippen molar-refractivity contribution >= 4 is 5.84 Å². The van der Waals surface area contributed by atoms with Crippen LogP contribution in [0.5, 0.6) is 0 Å². The molecule has 0 amide bonds. The van der Waals surface area contributed by atoms with Crippen LogP contribution in [-0.4, -0.2) is 5.84 Å². The van der Waals surface area contributed by atoms with Crippen LogP contribution in [-0.2, 0) is 5.41 Å². The molecule has 0 saturated heterocycles. The standard InChI is InChI=1S/C16H19FN4/c17-13-3-1-11(2-4-13)16(15-18-20-21-19-15)12-6-9-5-10(8-12)14(16)7-9/h1-4,9-10,12,14,20-21H,5-8H2,(H,18,19)/p+1. The van der Waals surface area contributed by atoms with Gasteiger partial charge in [-0.1, -0.05) is 17.7 Å². The van der Waals surface area contributed by atoms with Gasteiger partial charge in [0.15, 0.2) is 5.84 Å². The molecule has 0 radical (unpaired) electrons. The molecule has 0 aromatic heterocycles. The van der Waals surface area contributed by atoms with Gasteiger partial charge in [-0.05, 0) is 72.2 Å². The van der Waals surface area contributed by atoms with Crippen molar-refractivity contribution in [3.63, 3.8) is 0 Å². The lowest BCUT2D eigenvalue weighted by Crippen LogP contribution is -2.87. The summed E-state index contributed by atoms with van der Waals surface area (Å²) in [6.45, 7) is 0. The highest BCUT2D eigenvalue weighted by Crippen LogP contribution is 2.67. The third-order valence-electron chi connectivity index (χ3n) is 6.39. The van der Waals surface area contributed by atoms with Gasteiger partial charge in [0.05, 0.1) is 5.41 Å². The lowest BCUT2D eigenvalue weighted by Gasteiger charge is -2.43. The lowest BCUT2D eigenvalue weighted by atomic mass is 9.60. The van der Waals surface area contributed by atoms with Gasteiger partial charge in [0.2, 0.25) is 0 Å². The minimum absolute atomic E-state index is 0.0363. The van der Waals surface area contributed by atoms with E-state index in [2.05, 4.69) is 16.1 Å². The summed E-state index contributed by atoms with van der Waals surface area (Å²) in [5.74, 6) is 3.92. The van der Waals surface area contributed by atoms with Crippen molar-refractivity contribution in [2.75, 3.05) is 0 Å². The van der Waals surface area contributed by atoms with Crippen molar-refractivity contribution in [2.45, 2.75) is 31.1 Å². The average molecular weight is 287 g/mol. The van der Waals surface area contributed by atoms with Crippen LogP contribution in [0, 0.1) is 29.5 Å². The van der Waals surface area contributed by atoms with E-state index in [1.807, 2.05) is 12.1 Å². The molecule has 4 bridgehead atoms. The Kier molecular flexibility index (Phi) is 2.34. The van der Waals surface area contributed by atoms with Gasteiger partial charge >= 0.3 is 0 Å². The molecule has 110 valence electrons. The molecule has 1 heterocycles. The lowest BCUT2D eigenvalue weighted by molar-refractivity contribution is -0.713. The summed E-state index contributed by atoms with van der Waals surface area (Å²) in [5, 5.41) is 4.60. The van der Waals surface area contributed by atoms with Gasteiger partial charge in [0.25, 0.3) is 0 Å². The van der Waals surface area contributed by atoms with Crippen LogP contribution in [0.3, 0.4) is 0 Å². The number of nitrogens with zero attached hydrogens (tertiary/aromatic N) is 1. The normalized spacial score (nSPS) is 43.2. The number of hydrazine groups is 1. The second-order valence-electron chi connectivity index (χ2n) is 7.12. The van der Waals surface area contributed by atoms with Crippen LogP contribution in [0.25, 0.3) is 0 Å². The van der Waals surface area contributed by atoms with E-state index in [1.165, 1.54) is 31.2 Å². The Labute approximate surface area is 123 Å². The maximum absolute atomic E-state index is 13.4. The minimum atomic E-state index is -0.160. The zero-order chi connectivity index (χ0) is 14.0. The number of hydrogen-bond acceptors (Lipinski definition) is 3. The van der Waals surface area contributed by atoms with Gasteiger partial charge in [0, 0.05) is 0 Å². The Bertz CT molecular complexity index is 609. The Balaban J connectivity index is 1.70. The first kappa shape index (κ1) is 12.1. The molecule has 5 heteroatoms. The molecule has 0 spiro atoms. The summed E-state index contributed by atoms with van der Waals surface area (Å²) < 4.78 is 13.4. The number of amidine groups is 1. The molecular weight excluding hydrogens is 267 g/mol. The molecule has 4 fully saturated rings. The fourth-order valence-electron chi connectivity index (χ4n) is 5.91. The van der Waals surface area contributed by atoms with Gasteiger partial charge in [0.1, 0.15) is 5.82 Å². The summed E-state index contributed by atoms with van der Waals surface area (Å²) in [5.41, 5.74) is 9.23. The van der Waals surface area contributed by atoms with Crippen LogP contribution in [0.4, 0.5) is 4.39 Å². The fraction of sp³-hybridized carbons (Fsp3) is 0.562. The minimum Gasteiger partial charge on any atom is -0.258 e. The predicted molar refractivity (Wildman–Crippen MR) is 76.1 cm³/mol. The molecule has 21 heavy (non-hydrogen) atoms. The van der Waals surface area contributed by atoms with Crippen molar-refractivity contribution in [1.82, 2.24) is 11.0 Å². The molecule has 4 aliphatic carbocycles. The highest BCUT2D eigenvalue weighted by Gasteiger charge is 2.66. The number of nitrogens with two attached hydrogens (primary N) is 1. The Morgan fingerprint density at radius 3 is 2.71 bits per heavy atom. The Morgan fingerprint density at radius 2 is 2.00 bits per heavy atom. The smallest absolute Gasteiger partial charge is 0.189 e. The average Bonchev–Trinajstić information content (AvgIpc) is 3.15. The second-order valence-corrected chi connectivity index (χ2v) is 7.12. The Morgan fingerprint density at radius 1 is 1.14 bits per heavy atom. The number of rotatable bonds is 2. The highest BCUT2D eigenvalue weighted by atomic mass is 19.1. The number of nitrogens with one attached hydrogen (secondary N) is 2. The van der Waals surface area contributed by atoms with Gasteiger partial charge in [-0.15, -0.1) is 5.53 Å². The summed E-state index contributed by atoms with van der Waals surface area (Å²) in [6.07, 6.45) is 5.29. The zero-order valence-electron chi connectivity index (χ0n) is 11.8. The third-order valence-corrected chi connectivity index (χ3v) is 6.39. The first-order valence-electron chi connectivity index (χ1n) is 7.96. The molecule has 5 unspecified atom stereocenters. The van der Waals surface area contributed by atoms with Crippen LogP contribution >= 0.6 is 0 Å². The van der Waals surface area contributed by atoms with Crippen LogP contribution < -0.4 is 16.5 Å². The van der Waals surface area contributed by atoms with E-state index in [-0.39, 0.29) is 11.2 Å². The van der Waals surface area contributed by atoms with Gasteiger partial charge < -0.3 is 0 Å². The number of benzene rings is 1. The molecule has 1 aliphatic heterocycles. The summed E-state index contributed by atoms with van der Waals surface area (Å²) in [7, 11) is 0. The topological polar surface area (TPSA) is 53.0 Å². The van der Waals surface area contributed by atoms with Crippen LogP contribution in [0.1, 0.15) is 31.2 Å². The van der Waals surface area contributed by atoms with Crippen molar-refractivity contribution in [1.29, 1.82) is 0 Å². The second kappa shape index (κ2) is 4.05. The molecule has 4 saturated carbocycles. The molecule has 5 atom stereocenters. The van der Waals surface area contributed by atoms with E-state index in [0.717, 1.165) is 17.7 Å². The number of quaternary nitrogens is 1. The molecule has 6 rings (SSSR count). The summed E-state index contributed by atoms with van der Waals surface area (Å²) >= 11 is 0. The van der Waals surface area contributed by atoms with E-state index in [4.69, 9.17) is 0 Å². The molecule has 5 aliphatic rings. The SMILES string of the molecule is Fc1ccc(C2(C3=N[NH2+]NN3)C3CC4CC(C3)C2C4)cc1. The van der Waals surface area contributed by atoms with Crippen molar-refractivity contribution in [3.05, 3.63) is 35.6 Å². The Hall–Kier alpha value is -1.46. The van der Waals surface area contributed by atoms with E-state index in [9.17, 15) is 4.39 Å². The molecular formula is C16H20FN4+. The first-order chi connectivity index (χ1) is 10.3. The van der Waals surface area contributed by atoms with E-state index in [0.29, 0.717) is 11.8 Å². The van der Waals surface area contributed by atoms with Crippen molar-refractivity contribution in [2.24, 2.45) is 28.8 Å². The molecule has 1 aromatic rings. The highest BCUT2D eigenvalue weighted by molar-refractivity contribution is 5.94. The predicted octanol–water partition coefficient (Wildman–Crippen LogP) is 1.03. The van der Waals surface area contributed by atoms with Crippen molar-refractivity contribution in [3.8, 4) is 0 Å². The largest absolute Gasteiger partial charge is 0.258 e. The van der Waals surface area contributed by atoms with E-state index >= 15 is 0 Å². The van der Waals surface area contributed by atoms with Gasteiger partial charge in [-0.25, -0.2) is 4.39 Å².